The summed E-state index contributed by atoms with van der Waals surface area (Å²) in [5.41, 5.74) is 0.898. The molecule has 0 bridgehead atoms. The summed E-state index contributed by atoms with van der Waals surface area (Å²) < 4.78 is 18.4. The maximum Gasteiger partial charge on any atom is 0.340 e. The van der Waals surface area contributed by atoms with Crippen molar-refractivity contribution in [2.75, 3.05) is 20.2 Å². The summed E-state index contributed by atoms with van der Waals surface area (Å²) in [4.78, 5) is 13.7. The van der Waals surface area contributed by atoms with Gasteiger partial charge in [-0.05, 0) is 43.0 Å². The first-order valence-electron chi connectivity index (χ1n) is 7.23. The summed E-state index contributed by atoms with van der Waals surface area (Å²) in [6, 6.07) is 4.75. The Labute approximate surface area is 119 Å². The molecule has 1 aliphatic rings. The van der Waals surface area contributed by atoms with Crippen molar-refractivity contribution in [2.24, 2.45) is 5.92 Å². The zero-order valence-corrected chi connectivity index (χ0v) is 12.2. The van der Waals surface area contributed by atoms with E-state index in [0.717, 1.165) is 31.1 Å². The van der Waals surface area contributed by atoms with Crippen LogP contribution < -0.4 is 0 Å². The fraction of sp³-hybridized carbons (Fsp3) is 0.562. The number of rotatable bonds is 6. The molecule has 0 N–H and O–H groups in total. The Kier molecular flexibility index (Phi) is 5.12. The van der Waals surface area contributed by atoms with Crippen LogP contribution in [0.1, 0.15) is 42.1 Å². The fourth-order valence-corrected chi connectivity index (χ4v) is 2.54. The lowest BCUT2D eigenvalue weighted by Gasteiger charge is -2.31. The van der Waals surface area contributed by atoms with Gasteiger partial charge in [0.25, 0.3) is 0 Å². The molecule has 1 aliphatic carbocycles. The Morgan fingerprint density at radius 1 is 1.45 bits per heavy atom. The minimum atomic E-state index is -0.629. The van der Waals surface area contributed by atoms with E-state index in [0.29, 0.717) is 0 Å². The molecule has 0 amide bonds. The number of hydrogen-bond donors (Lipinski definition) is 0. The van der Waals surface area contributed by atoms with Gasteiger partial charge in [0, 0.05) is 13.1 Å². The van der Waals surface area contributed by atoms with E-state index in [1.54, 1.807) is 6.07 Å². The average molecular weight is 279 g/mol. The van der Waals surface area contributed by atoms with E-state index in [9.17, 15) is 9.18 Å². The number of benzene rings is 1. The molecule has 3 nitrogen and oxygen atoms in total. The highest BCUT2D eigenvalue weighted by molar-refractivity contribution is 5.89. The molecule has 0 heterocycles. The van der Waals surface area contributed by atoms with Crippen LogP contribution in [-0.4, -0.2) is 31.1 Å². The van der Waals surface area contributed by atoms with Crippen molar-refractivity contribution >= 4 is 5.97 Å². The molecule has 1 fully saturated rings. The van der Waals surface area contributed by atoms with Crippen LogP contribution in [0.25, 0.3) is 0 Å². The first-order chi connectivity index (χ1) is 9.63. The SMILES string of the molecule is CCN(Cc1ccc(C(=O)OC)c(F)c1)CC1CCC1. The summed E-state index contributed by atoms with van der Waals surface area (Å²) in [6.07, 6.45) is 3.96. The van der Waals surface area contributed by atoms with Gasteiger partial charge in [-0.1, -0.05) is 19.4 Å². The van der Waals surface area contributed by atoms with E-state index in [4.69, 9.17) is 0 Å². The number of esters is 1. The van der Waals surface area contributed by atoms with Crippen LogP contribution in [0, 0.1) is 11.7 Å². The van der Waals surface area contributed by atoms with Crippen molar-refractivity contribution in [3.05, 3.63) is 35.1 Å². The van der Waals surface area contributed by atoms with Gasteiger partial charge in [0.15, 0.2) is 0 Å². The fourth-order valence-electron chi connectivity index (χ4n) is 2.54. The van der Waals surface area contributed by atoms with Gasteiger partial charge in [-0.2, -0.15) is 0 Å². The molecule has 4 heteroatoms. The third-order valence-electron chi connectivity index (χ3n) is 4.03. The van der Waals surface area contributed by atoms with E-state index in [2.05, 4.69) is 16.6 Å². The smallest absolute Gasteiger partial charge is 0.340 e. The Bertz CT molecular complexity index is 472. The summed E-state index contributed by atoms with van der Waals surface area (Å²) in [5, 5.41) is 0. The van der Waals surface area contributed by atoms with Gasteiger partial charge in [0.1, 0.15) is 5.82 Å². The monoisotopic (exact) mass is 279 g/mol. The summed E-state index contributed by atoms with van der Waals surface area (Å²) in [6.45, 7) is 4.89. The Morgan fingerprint density at radius 2 is 2.20 bits per heavy atom. The molecule has 0 saturated heterocycles. The summed E-state index contributed by atoms with van der Waals surface area (Å²) >= 11 is 0. The standard InChI is InChI=1S/C16H22FNO2/c1-3-18(10-12-5-4-6-12)11-13-7-8-14(15(17)9-13)16(19)20-2/h7-9,12H,3-6,10-11H2,1-2H3. The van der Waals surface area contributed by atoms with Gasteiger partial charge in [0.05, 0.1) is 12.7 Å². The molecule has 0 atom stereocenters. The zero-order valence-electron chi connectivity index (χ0n) is 12.2. The molecule has 0 aromatic heterocycles. The Hall–Kier alpha value is -1.42. The molecular weight excluding hydrogens is 257 g/mol. The molecule has 1 saturated carbocycles. The lowest BCUT2D eigenvalue weighted by molar-refractivity contribution is 0.0595. The molecule has 110 valence electrons. The average Bonchev–Trinajstić information content (AvgIpc) is 2.40. The normalized spacial score (nSPS) is 15.2. The van der Waals surface area contributed by atoms with Crippen LogP contribution in [-0.2, 0) is 11.3 Å². The first-order valence-corrected chi connectivity index (χ1v) is 7.23. The van der Waals surface area contributed by atoms with Crippen LogP contribution >= 0.6 is 0 Å². The number of nitrogens with zero attached hydrogens (tertiary/aromatic N) is 1. The molecule has 0 unspecified atom stereocenters. The third-order valence-corrected chi connectivity index (χ3v) is 4.03. The number of halogens is 1. The minimum Gasteiger partial charge on any atom is -0.465 e. The molecule has 1 aromatic rings. The van der Waals surface area contributed by atoms with E-state index in [1.165, 1.54) is 38.5 Å². The second kappa shape index (κ2) is 6.84. The highest BCUT2D eigenvalue weighted by Gasteiger charge is 2.20. The molecule has 1 aromatic carbocycles. The van der Waals surface area contributed by atoms with Crippen molar-refractivity contribution in [2.45, 2.75) is 32.7 Å². The highest BCUT2D eigenvalue weighted by atomic mass is 19.1. The predicted octanol–water partition coefficient (Wildman–Crippen LogP) is 3.23. The lowest BCUT2D eigenvalue weighted by atomic mass is 9.85. The summed E-state index contributed by atoms with van der Waals surface area (Å²) in [5.74, 6) is -0.334. The van der Waals surface area contributed by atoms with Crippen molar-refractivity contribution in [1.29, 1.82) is 0 Å². The zero-order chi connectivity index (χ0) is 14.5. The Morgan fingerprint density at radius 3 is 2.70 bits per heavy atom. The quantitative estimate of drug-likeness (QED) is 0.749. The number of ether oxygens (including phenoxy) is 1. The maximum absolute atomic E-state index is 13.9. The molecule has 0 radical (unpaired) electrons. The molecule has 2 rings (SSSR count). The number of carbonyl (C=O) groups excluding carboxylic acids is 1. The van der Waals surface area contributed by atoms with Gasteiger partial charge in [-0.3, -0.25) is 4.90 Å². The van der Waals surface area contributed by atoms with Gasteiger partial charge in [-0.25, -0.2) is 9.18 Å². The van der Waals surface area contributed by atoms with Crippen LogP contribution in [0.4, 0.5) is 4.39 Å². The number of carbonyl (C=O) groups is 1. The Balaban J connectivity index is 2.00. The van der Waals surface area contributed by atoms with Crippen LogP contribution in [0.15, 0.2) is 18.2 Å². The van der Waals surface area contributed by atoms with Crippen LogP contribution in [0.3, 0.4) is 0 Å². The molecule has 0 aliphatic heterocycles. The minimum absolute atomic E-state index is 0.00158. The van der Waals surface area contributed by atoms with E-state index < -0.39 is 11.8 Å². The van der Waals surface area contributed by atoms with Crippen molar-refractivity contribution < 1.29 is 13.9 Å². The van der Waals surface area contributed by atoms with Gasteiger partial charge in [-0.15, -0.1) is 0 Å². The third kappa shape index (κ3) is 3.57. The first kappa shape index (κ1) is 15.0. The van der Waals surface area contributed by atoms with Gasteiger partial charge >= 0.3 is 5.97 Å². The largest absolute Gasteiger partial charge is 0.465 e. The number of methoxy groups -OCH3 is 1. The number of hydrogen-bond acceptors (Lipinski definition) is 3. The van der Waals surface area contributed by atoms with Gasteiger partial charge < -0.3 is 4.74 Å². The molecular formula is C16H22FNO2. The topological polar surface area (TPSA) is 29.5 Å². The molecule has 20 heavy (non-hydrogen) atoms. The van der Waals surface area contributed by atoms with E-state index >= 15 is 0 Å². The van der Waals surface area contributed by atoms with Crippen molar-refractivity contribution in [3.63, 3.8) is 0 Å². The maximum atomic E-state index is 13.9. The second-order valence-corrected chi connectivity index (χ2v) is 5.43. The summed E-state index contributed by atoms with van der Waals surface area (Å²) in [7, 11) is 1.26. The van der Waals surface area contributed by atoms with Crippen LogP contribution in [0.5, 0.6) is 0 Å². The van der Waals surface area contributed by atoms with Crippen molar-refractivity contribution in [1.82, 2.24) is 4.90 Å². The molecule has 0 spiro atoms. The lowest BCUT2D eigenvalue weighted by Crippen LogP contribution is -2.32. The van der Waals surface area contributed by atoms with Gasteiger partial charge in [0.2, 0.25) is 0 Å². The van der Waals surface area contributed by atoms with Crippen LogP contribution in [0.2, 0.25) is 0 Å². The van der Waals surface area contributed by atoms with E-state index in [1.807, 2.05) is 0 Å². The highest BCUT2D eigenvalue weighted by Crippen LogP contribution is 2.27. The van der Waals surface area contributed by atoms with Crippen molar-refractivity contribution in [3.8, 4) is 0 Å². The second-order valence-electron chi connectivity index (χ2n) is 5.43. The predicted molar refractivity (Wildman–Crippen MR) is 76.0 cm³/mol. The van der Waals surface area contributed by atoms with E-state index in [-0.39, 0.29) is 5.56 Å².